The highest BCUT2D eigenvalue weighted by molar-refractivity contribution is 5.69. The lowest BCUT2D eigenvalue weighted by Gasteiger charge is -2.06. The van der Waals surface area contributed by atoms with E-state index >= 15 is 0 Å². The highest BCUT2D eigenvalue weighted by Gasteiger charge is 2.13. The maximum absolute atomic E-state index is 5.81. The van der Waals surface area contributed by atoms with Gasteiger partial charge < -0.3 is 14.9 Å². The van der Waals surface area contributed by atoms with Crippen LogP contribution < -0.4 is 10.5 Å². The van der Waals surface area contributed by atoms with Crippen LogP contribution in [0.2, 0.25) is 0 Å². The smallest absolute Gasteiger partial charge is 0.142 e. The van der Waals surface area contributed by atoms with E-state index in [-0.39, 0.29) is 0 Å². The van der Waals surface area contributed by atoms with E-state index in [2.05, 4.69) is 17.4 Å². The minimum atomic E-state index is 0.488. The number of nitrogens with zero attached hydrogens (tertiary/aromatic N) is 2. The molecule has 0 saturated heterocycles. The van der Waals surface area contributed by atoms with Crippen LogP contribution in [-0.2, 0) is 6.54 Å². The molecule has 4 heteroatoms. The van der Waals surface area contributed by atoms with Crippen LogP contribution in [0.3, 0.4) is 0 Å². The van der Waals surface area contributed by atoms with Crippen LogP contribution >= 0.6 is 0 Å². The van der Waals surface area contributed by atoms with Gasteiger partial charge in [-0.1, -0.05) is 6.07 Å². The molecule has 0 aliphatic rings. The van der Waals surface area contributed by atoms with Crippen LogP contribution in [0, 0.1) is 13.8 Å². The van der Waals surface area contributed by atoms with E-state index in [9.17, 15) is 0 Å². The zero-order valence-electron chi connectivity index (χ0n) is 12.6. The topological polar surface area (TPSA) is 52.5 Å². The molecule has 3 rings (SSSR count). The molecule has 0 fully saturated rings. The molecule has 0 radical (unpaired) electrons. The van der Waals surface area contributed by atoms with Gasteiger partial charge in [-0.3, -0.25) is 0 Å². The van der Waals surface area contributed by atoms with Crippen LogP contribution in [0.5, 0.6) is 5.75 Å². The van der Waals surface area contributed by atoms with E-state index in [4.69, 9.17) is 15.5 Å². The Hall–Kier alpha value is -2.33. The van der Waals surface area contributed by atoms with Crippen molar-refractivity contribution in [2.75, 3.05) is 7.11 Å². The number of fused-ring (bicyclic) bond motifs is 1. The van der Waals surface area contributed by atoms with Crippen molar-refractivity contribution in [1.29, 1.82) is 0 Å². The number of nitrogens with two attached hydrogens (primary N) is 1. The summed E-state index contributed by atoms with van der Waals surface area (Å²) < 4.78 is 7.41. The Kier molecular flexibility index (Phi) is 3.39. The molecule has 0 unspecified atom stereocenters. The molecule has 1 aromatic carbocycles. The van der Waals surface area contributed by atoms with Crippen molar-refractivity contribution in [2.45, 2.75) is 20.4 Å². The molecule has 2 aromatic heterocycles. The largest absolute Gasteiger partial charge is 0.496 e. The Morgan fingerprint density at radius 2 is 2.05 bits per heavy atom. The average Bonchev–Trinajstić information content (AvgIpc) is 2.84. The van der Waals surface area contributed by atoms with Crippen LogP contribution in [0.15, 0.2) is 36.5 Å². The molecule has 0 amide bonds. The second-order valence-electron chi connectivity index (χ2n) is 5.16. The van der Waals surface area contributed by atoms with Crippen molar-refractivity contribution < 1.29 is 4.74 Å². The molecule has 108 valence electrons. The molecule has 0 aliphatic heterocycles. The third kappa shape index (κ3) is 2.17. The molecule has 0 atom stereocenters. The Labute approximate surface area is 124 Å². The third-order valence-electron chi connectivity index (χ3n) is 3.86. The van der Waals surface area contributed by atoms with Crippen molar-refractivity contribution in [3.63, 3.8) is 0 Å². The SMILES string of the molecule is COc1ccc(-c2nc3c(CN)cccn3c2C)cc1C. The summed E-state index contributed by atoms with van der Waals surface area (Å²) in [5.41, 5.74) is 12.1. The molecule has 4 nitrogen and oxygen atoms in total. The normalized spacial score (nSPS) is 11.0. The first-order valence-electron chi connectivity index (χ1n) is 6.97. The summed E-state index contributed by atoms with van der Waals surface area (Å²) in [7, 11) is 1.69. The van der Waals surface area contributed by atoms with Gasteiger partial charge >= 0.3 is 0 Å². The van der Waals surface area contributed by atoms with Gasteiger partial charge in [0.15, 0.2) is 0 Å². The fourth-order valence-corrected chi connectivity index (χ4v) is 2.70. The van der Waals surface area contributed by atoms with Crippen molar-refractivity contribution in [3.05, 3.63) is 53.3 Å². The number of ether oxygens (including phenoxy) is 1. The van der Waals surface area contributed by atoms with Gasteiger partial charge in [-0.05, 0) is 43.7 Å². The molecule has 0 saturated carbocycles. The molecule has 0 bridgehead atoms. The second kappa shape index (κ2) is 5.22. The van der Waals surface area contributed by atoms with Crippen molar-refractivity contribution >= 4 is 5.65 Å². The number of hydrogen-bond donors (Lipinski definition) is 1. The summed E-state index contributed by atoms with van der Waals surface area (Å²) in [4.78, 5) is 4.79. The second-order valence-corrected chi connectivity index (χ2v) is 5.16. The van der Waals surface area contributed by atoms with Gasteiger partial charge in [-0.15, -0.1) is 0 Å². The number of hydrogen-bond acceptors (Lipinski definition) is 3. The van der Waals surface area contributed by atoms with Gasteiger partial charge in [0.05, 0.1) is 12.8 Å². The highest BCUT2D eigenvalue weighted by Crippen LogP contribution is 2.29. The van der Waals surface area contributed by atoms with Crippen molar-refractivity contribution in [1.82, 2.24) is 9.38 Å². The zero-order chi connectivity index (χ0) is 15.0. The quantitative estimate of drug-likeness (QED) is 0.802. The lowest BCUT2D eigenvalue weighted by atomic mass is 10.1. The maximum atomic E-state index is 5.81. The standard InChI is InChI=1S/C17H19N3O/c1-11-9-13(6-7-15(11)21-3)16-12(2)20-8-4-5-14(10-18)17(20)19-16/h4-9H,10,18H2,1-3H3. The highest BCUT2D eigenvalue weighted by atomic mass is 16.5. The Morgan fingerprint density at radius 3 is 2.71 bits per heavy atom. The van der Waals surface area contributed by atoms with Gasteiger partial charge in [0.2, 0.25) is 0 Å². The Bertz CT molecular complexity index is 805. The third-order valence-corrected chi connectivity index (χ3v) is 3.86. The number of pyridine rings is 1. The van der Waals surface area contributed by atoms with E-state index in [1.165, 1.54) is 0 Å². The van der Waals surface area contributed by atoms with Crippen molar-refractivity contribution in [2.24, 2.45) is 5.73 Å². The molecule has 21 heavy (non-hydrogen) atoms. The first-order chi connectivity index (χ1) is 10.2. The molecular weight excluding hydrogens is 262 g/mol. The summed E-state index contributed by atoms with van der Waals surface area (Å²) in [6.07, 6.45) is 2.02. The minimum Gasteiger partial charge on any atom is -0.496 e. The van der Waals surface area contributed by atoms with E-state index in [0.717, 1.165) is 39.5 Å². The summed E-state index contributed by atoms with van der Waals surface area (Å²) in [6, 6.07) is 10.2. The monoisotopic (exact) mass is 281 g/mol. The fourth-order valence-electron chi connectivity index (χ4n) is 2.70. The van der Waals surface area contributed by atoms with Crippen molar-refractivity contribution in [3.8, 4) is 17.0 Å². The lowest BCUT2D eigenvalue weighted by molar-refractivity contribution is 0.412. The maximum Gasteiger partial charge on any atom is 0.142 e. The van der Waals surface area contributed by atoms with Crippen LogP contribution in [0.1, 0.15) is 16.8 Å². The van der Waals surface area contributed by atoms with Gasteiger partial charge in [0.25, 0.3) is 0 Å². The first-order valence-corrected chi connectivity index (χ1v) is 6.97. The lowest BCUT2D eigenvalue weighted by Crippen LogP contribution is -1.99. The number of rotatable bonds is 3. The van der Waals surface area contributed by atoms with Gasteiger partial charge in [-0.25, -0.2) is 4.98 Å². The first kappa shape index (κ1) is 13.6. The van der Waals surface area contributed by atoms with Crippen LogP contribution in [0.4, 0.5) is 0 Å². The Morgan fingerprint density at radius 1 is 1.24 bits per heavy atom. The van der Waals surface area contributed by atoms with E-state index in [1.54, 1.807) is 7.11 Å². The molecule has 2 heterocycles. The zero-order valence-corrected chi connectivity index (χ0v) is 12.6. The minimum absolute atomic E-state index is 0.488. The predicted molar refractivity (Wildman–Crippen MR) is 84.5 cm³/mol. The van der Waals surface area contributed by atoms with Crippen LogP contribution in [0.25, 0.3) is 16.9 Å². The number of imidazole rings is 1. The fraction of sp³-hybridized carbons (Fsp3) is 0.235. The van der Waals surface area contributed by atoms with Gasteiger partial charge in [-0.2, -0.15) is 0 Å². The van der Waals surface area contributed by atoms with Crippen LogP contribution in [-0.4, -0.2) is 16.5 Å². The summed E-state index contributed by atoms with van der Waals surface area (Å²) in [5, 5.41) is 0. The molecule has 2 N–H and O–H groups in total. The molecule has 0 aliphatic carbocycles. The molecular formula is C17H19N3O. The predicted octanol–water partition coefficient (Wildman–Crippen LogP) is 3.09. The van der Waals surface area contributed by atoms with E-state index < -0.39 is 0 Å². The number of methoxy groups -OCH3 is 1. The molecule has 3 aromatic rings. The summed E-state index contributed by atoms with van der Waals surface area (Å²) >= 11 is 0. The van der Waals surface area contributed by atoms with Gasteiger partial charge in [0, 0.05) is 29.6 Å². The summed E-state index contributed by atoms with van der Waals surface area (Å²) in [5.74, 6) is 0.891. The average molecular weight is 281 g/mol. The Balaban J connectivity index is 2.21. The molecule has 0 spiro atoms. The number of aryl methyl sites for hydroxylation is 2. The summed E-state index contributed by atoms with van der Waals surface area (Å²) in [6.45, 7) is 4.61. The van der Waals surface area contributed by atoms with E-state index in [1.807, 2.05) is 37.4 Å². The number of benzene rings is 1. The number of aromatic nitrogens is 2. The van der Waals surface area contributed by atoms with E-state index in [0.29, 0.717) is 6.54 Å². The van der Waals surface area contributed by atoms with Gasteiger partial charge in [0.1, 0.15) is 11.4 Å².